The van der Waals surface area contributed by atoms with Gasteiger partial charge in [0, 0.05) is 36.0 Å². The topological polar surface area (TPSA) is 50.4 Å². The van der Waals surface area contributed by atoms with E-state index in [-0.39, 0.29) is 11.9 Å². The van der Waals surface area contributed by atoms with Crippen molar-refractivity contribution in [2.75, 3.05) is 13.1 Å². The number of rotatable bonds is 5. The number of nitrogens with one attached hydrogen (secondary N) is 2. The molecule has 4 nitrogen and oxygen atoms in total. The molecular weight excluding hydrogens is 441 g/mol. The van der Waals surface area contributed by atoms with Crippen molar-refractivity contribution in [1.82, 2.24) is 10.6 Å². The molecule has 184 valence electrons. The summed E-state index contributed by atoms with van der Waals surface area (Å²) in [7, 11) is 0. The van der Waals surface area contributed by atoms with Crippen molar-refractivity contribution in [3.63, 3.8) is 0 Å². The Morgan fingerprint density at radius 1 is 1.00 bits per heavy atom. The van der Waals surface area contributed by atoms with Gasteiger partial charge in [-0.05, 0) is 60.8 Å². The van der Waals surface area contributed by atoms with E-state index in [0.717, 1.165) is 36.0 Å². The first kappa shape index (κ1) is 27.2. The minimum Gasteiger partial charge on any atom is -0.457 e. The summed E-state index contributed by atoms with van der Waals surface area (Å²) >= 11 is 0. The third kappa shape index (κ3) is 6.73. The van der Waals surface area contributed by atoms with Crippen molar-refractivity contribution >= 4 is 16.7 Å². The van der Waals surface area contributed by atoms with Gasteiger partial charge in [0.2, 0.25) is 0 Å². The molecule has 1 fully saturated rings. The number of benzene rings is 3. The van der Waals surface area contributed by atoms with Gasteiger partial charge in [0.15, 0.2) is 0 Å². The minimum atomic E-state index is -4.39. The Morgan fingerprint density at radius 3 is 2.21 bits per heavy atom. The molecule has 1 amide bonds. The van der Waals surface area contributed by atoms with Crippen LogP contribution in [0.25, 0.3) is 10.8 Å². The van der Waals surface area contributed by atoms with Crippen LogP contribution < -0.4 is 15.4 Å². The normalized spacial score (nSPS) is 14.0. The molecule has 34 heavy (non-hydrogen) atoms. The number of carbonyl (C=O) groups excluding carboxylic acids is 1. The molecule has 1 saturated heterocycles. The molecular formula is C27H33F3N2O2. The Morgan fingerprint density at radius 2 is 1.65 bits per heavy atom. The van der Waals surface area contributed by atoms with Gasteiger partial charge in [0.25, 0.3) is 5.91 Å². The largest absolute Gasteiger partial charge is 0.457 e. The Bertz CT molecular complexity index is 1060. The number of hydrogen-bond donors (Lipinski definition) is 2. The second-order valence-electron chi connectivity index (χ2n) is 7.50. The average molecular weight is 475 g/mol. The summed E-state index contributed by atoms with van der Waals surface area (Å²) < 4.78 is 44.0. The van der Waals surface area contributed by atoms with Crippen LogP contribution in [0.1, 0.15) is 50.5 Å². The molecule has 3 aromatic rings. The van der Waals surface area contributed by atoms with Crippen LogP contribution in [-0.2, 0) is 6.18 Å². The molecule has 1 atom stereocenters. The summed E-state index contributed by atoms with van der Waals surface area (Å²) in [5.74, 6) is 1.12. The van der Waals surface area contributed by atoms with Crippen LogP contribution in [0.5, 0.6) is 11.5 Å². The highest BCUT2D eigenvalue weighted by Crippen LogP contribution is 2.33. The molecule has 0 aliphatic carbocycles. The summed E-state index contributed by atoms with van der Waals surface area (Å²) in [5, 5.41) is 7.81. The van der Waals surface area contributed by atoms with E-state index in [1.807, 2.05) is 40.7 Å². The lowest BCUT2D eigenvalue weighted by Crippen LogP contribution is -2.53. The quantitative estimate of drug-likeness (QED) is 0.417. The van der Waals surface area contributed by atoms with E-state index in [0.29, 0.717) is 23.0 Å². The van der Waals surface area contributed by atoms with E-state index in [4.69, 9.17) is 4.74 Å². The van der Waals surface area contributed by atoms with Gasteiger partial charge in [-0.1, -0.05) is 39.8 Å². The number of amides is 1. The van der Waals surface area contributed by atoms with E-state index in [9.17, 15) is 18.0 Å². The predicted molar refractivity (Wildman–Crippen MR) is 131 cm³/mol. The molecule has 1 heterocycles. The molecule has 0 aromatic heterocycles. The molecule has 0 radical (unpaired) electrons. The van der Waals surface area contributed by atoms with Gasteiger partial charge < -0.3 is 15.4 Å². The molecule has 1 unspecified atom stereocenters. The van der Waals surface area contributed by atoms with E-state index in [1.165, 1.54) is 12.1 Å². The number of hydrogen-bond acceptors (Lipinski definition) is 3. The summed E-state index contributed by atoms with van der Waals surface area (Å²) in [5.41, 5.74) is -0.177. The lowest BCUT2D eigenvalue weighted by Gasteiger charge is -2.33. The van der Waals surface area contributed by atoms with E-state index >= 15 is 0 Å². The smallest absolute Gasteiger partial charge is 0.416 e. The van der Waals surface area contributed by atoms with Crippen LogP contribution >= 0.6 is 0 Å². The summed E-state index contributed by atoms with van der Waals surface area (Å²) in [6.07, 6.45) is -4.39. The van der Waals surface area contributed by atoms with E-state index in [1.54, 1.807) is 30.3 Å². The summed E-state index contributed by atoms with van der Waals surface area (Å²) in [6.45, 7) is 11.8. The maximum atomic E-state index is 12.7. The molecule has 0 bridgehead atoms. The van der Waals surface area contributed by atoms with Gasteiger partial charge in [-0.2, -0.15) is 13.2 Å². The fourth-order valence-electron chi connectivity index (χ4n) is 3.40. The van der Waals surface area contributed by atoms with Gasteiger partial charge in [-0.3, -0.25) is 4.79 Å². The van der Waals surface area contributed by atoms with Crippen LogP contribution in [0.2, 0.25) is 0 Å². The zero-order valence-electron chi connectivity index (χ0n) is 20.3. The van der Waals surface area contributed by atoms with Gasteiger partial charge >= 0.3 is 6.18 Å². The second-order valence-corrected chi connectivity index (χ2v) is 7.50. The van der Waals surface area contributed by atoms with E-state index < -0.39 is 11.7 Å². The van der Waals surface area contributed by atoms with Crippen molar-refractivity contribution in [2.45, 2.75) is 46.8 Å². The first-order chi connectivity index (χ1) is 16.3. The number of ether oxygens (including phenoxy) is 1. The first-order valence-corrected chi connectivity index (χ1v) is 11.7. The third-order valence-corrected chi connectivity index (χ3v) is 5.39. The van der Waals surface area contributed by atoms with Crippen molar-refractivity contribution in [3.05, 3.63) is 71.8 Å². The van der Waals surface area contributed by atoms with Gasteiger partial charge in [0.1, 0.15) is 11.5 Å². The van der Waals surface area contributed by atoms with Gasteiger partial charge in [0.05, 0.1) is 5.56 Å². The first-order valence-electron chi connectivity index (χ1n) is 11.7. The Labute approximate surface area is 199 Å². The van der Waals surface area contributed by atoms with Crippen LogP contribution in [0.15, 0.2) is 60.7 Å². The fourth-order valence-corrected chi connectivity index (χ4v) is 3.40. The van der Waals surface area contributed by atoms with Crippen LogP contribution in [0, 0.1) is 5.92 Å². The SMILES string of the molecule is CC.CC.CC(NC(=O)c1ccc2c(Oc3ccc(C(F)(F)F)cc3)cccc2c1)C1CNC1. The summed E-state index contributed by atoms with van der Waals surface area (Å²) in [4.78, 5) is 12.6. The van der Waals surface area contributed by atoms with E-state index in [2.05, 4.69) is 10.6 Å². The average Bonchev–Trinajstić information content (AvgIpc) is 2.80. The molecule has 4 rings (SSSR count). The maximum absolute atomic E-state index is 12.7. The maximum Gasteiger partial charge on any atom is 0.416 e. The molecule has 0 saturated carbocycles. The highest BCUT2D eigenvalue weighted by molar-refractivity contribution is 6.00. The van der Waals surface area contributed by atoms with Crippen molar-refractivity contribution < 1.29 is 22.7 Å². The molecule has 3 aromatic carbocycles. The fraction of sp³-hybridized carbons (Fsp3) is 0.370. The Hall–Kier alpha value is -3.06. The van der Waals surface area contributed by atoms with Crippen LogP contribution in [-0.4, -0.2) is 25.0 Å². The number of fused-ring (bicyclic) bond motifs is 1. The lowest BCUT2D eigenvalue weighted by molar-refractivity contribution is -0.137. The lowest BCUT2D eigenvalue weighted by atomic mass is 9.95. The molecule has 2 N–H and O–H groups in total. The predicted octanol–water partition coefficient (Wildman–Crippen LogP) is 7.04. The highest BCUT2D eigenvalue weighted by atomic mass is 19.4. The third-order valence-electron chi connectivity index (χ3n) is 5.39. The zero-order chi connectivity index (χ0) is 25.3. The number of halogens is 3. The molecule has 7 heteroatoms. The monoisotopic (exact) mass is 474 g/mol. The number of carbonyl (C=O) groups is 1. The van der Waals surface area contributed by atoms with Crippen molar-refractivity contribution in [1.29, 1.82) is 0 Å². The van der Waals surface area contributed by atoms with Gasteiger partial charge in [-0.15, -0.1) is 0 Å². The van der Waals surface area contributed by atoms with Crippen LogP contribution in [0.3, 0.4) is 0 Å². The summed E-state index contributed by atoms with van der Waals surface area (Å²) in [6, 6.07) is 15.3. The molecule has 1 aliphatic rings. The molecule has 0 spiro atoms. The number of alkyl halides is 3. The Balaban J connectivity index is 0.000000970. The highest BCUT2D eigenvalue weighted by Gasteiger charge is 2.30. The molecule has 1 aliphatic heterocycles. The Kier molecular flexibility index (Phi) is 9.93. The van der Waals surface area contributed by atoms with Gasteiger partial charge in [-0.25, -0.2) is 0 Å². The minimum absolute atomic E-state index is 0.0868. The zero-order valence-corrected chi connectivity index (χ0v) is 20.3. The van der Waals surface area contributed by atoms with Crippen LogP contribution in [0.4, 0.5) is 13.2 Å². The van der Waals surface area contributed by atoms with Crippen molar-refractivity contribution in [2.24, 2.45) is 5.92 Å². The standard InChI is InChI=1S/C23H21F3N2O2.2C2H6/c1-14(17-12-27-13-17)28-22(29)16-5-10-20-15(11-16)3-2-4-21(20)30-19-8-6-18(7-9-19)23(24,25)26;2*1-2/h2-11,14,17,27H,12-13H2,1H3,(H,28,29);2*1-2H3. The van der Waals surface area contributed by atoms with Crippen molar-refractivity contribution in [3.8, 4) is 11.5 Å². The second kappa shape index (κ2) is 12.4.